The Balaban J connectivity index is 1.67. The lowest BCUT2D eigenvalue weighted by Crippen LogP contribution is -2.24. The molecule has 0 spiro atoms. The fourth-order valence-electron chi connectivity index (χ4n) is 3.05. The number of rotatable bonds is 8. The van der Waals surface area contributed by atoms with Gasteiger partial charge in [-0.25, -0.2) is 9.78 Å². The van der Waals surface area contributed by atoms with Gasteiger partial charge in [0, 0.05) is 23.4 Å². The lowest BCUT2D eigenvalue weighted by atomic mass is 10.1. The van der Waals surface area contributed by atoms with E-state index in [2.05, 4.69) is 15.3 Å². The van der Waals surface area contributed by atoms with Crippen molar-refractivity contribution in [3.63, 3.8) is 0 Å². The van der Waals surface area contributed by atoms with Crippen LogP contribution in [0.2, 0.25) is 0 Å². The molecule has 1 aromatic heterocycles. The van der Waals surface area contributed by atoms with Crippen molar-refractivity contribution >= 4 is 29.3 Å². The van der Waals surface area contributed by atoms with Crippen LogP contribution in [-0.2, 0) is 16.0 Å². The number of anilines is 1. The van der Waals surface area contributed by atoms with E-state index in [0.29, 0.717) is 34.1 Å². The number of hydrogen-bond donors (Lipinski definition) is 2. The summed E-state index contributed by atoms with van der Waals surface area (Å²) < 4.78 is 4.99. The predicted octanol–water partition coefficient (Wildman–Crippen LogP) is 3.97. The fourth-order valence-corrected chi connectivity index (χ4v) is 3.89. The van der Waals surface area contributed by atoms with Gasteiger partial charge in [-0.05, 0) is 44.5 Å². The number of nitrogens with one attached hydrogen (secondary N) is 2. The largest absolute Gasteiger partial charge is 0.462 e. The zero-order chi connectivity index (χ0) is 23.1. The summed E-state index contributed by atoms with van der Waals surface area (Å²) in [5.41, 5.74) is 2.91. The number of thioether (sulfide) groups is 1. The highest BCUT2D eigenvalue weighted by molar-refractivity contribution is 8.00. The van der Waals surface area contributed by atoms with Crippen LogP contribution in [0.5, 0.6) is 0 Å². The van der Waals surface area contributed by atoms with Crippen molar-refractivity contribution in [1.29, 1.82) is 0 Å². The molecule has 2 N–H and O–H groups in total. The zero-order valence-corrected chi connectivity index (χ0v) is 19.0. The number of nitrogens with zero attached hydrogens (tertiary/aromatic N) is 1. The molecule has 0 saturated carbocycles. The first-order valence-corrected chi connectivity index (χ1v) is 11.1. The topological polar surface area (TPSA) is 101 Å². The molecule has 0 aliphatic rings. The quantitative estimate of drug-likeness (QED) is 0.305. The molecule has 0 bridgehead atoms. The van der Waals surface area contributed by atoms with Gasteiger partial charge in [-0.3, -0.25) is 9.59 Å². The van der Waals surface area contributed by atoms with Gasteiger partial charge in [0.1, 0.15) is 0 Å². The number of aromatic amines is 1. The molecule has 3 aromatic rings. The highest BCUT2D eigenvalue weighted by Crippen LogP contribution is 2.22. The minimum absolute atomic E-state index is 0.210. The monoisotopic (exact) mass is 451 g/mol. The van der Waals surface area contributed by atoms with Crippen LogP contribution in [0.3, 0.4) is 0 Å². The maximum Gasteiger partial charge on any atom is 0.338 e. The maximum atomic E-state index is 12.6. The van der Waals surface area contributed by atoms with E-state index in [1.165, 1.54) is 0 Å². The van der Waals surface area contributed by atoms with E-state index in [1.54, 1.807) is 45.0 Å². The third-order valence-corrected chi connectivity index (χ3v) is 5.71. The molecule has 1 heterocycles. The van der Waals surface area contributed by atoms with Crippen LogP contribution in [-0.4, -0.2) is 33.7 Å². The van der Waals surface area contributed by atoms with Crippen molar-refractivity contribution in [3.05, 3.63) is 87.3 Å². The summed E-state index contributed by atoms with van der Waals surface area (Å²) in [4.78, 5) is 44.4. The molecule has 8 heteroatoms. The van der Waals surface area contributed by atoms with Crippen molar-refractivity contribution in [3.8, 4) is 0 Å². The van der Waals surface area contributed by atoms with Crippen LogP contribution in [0, 0.1) is 6.92 Å². The molecule has 3 rings (SSSR count). The van der Waals surface area contributed by atoms with Gasteiger partial charge in [0.2, 0.25) is 5.91 Å². The lowest BCUT2D eigenvalue weighted by Gasteiger charge is -2.13. The molecule has 1 unspecified atom stereocenters. The first kappa shape index (κ1) is 23.3. The van der Waals surface area contributed by atoms with Crippen LogP contribution in [0.4, 0.5) is 5.69 Å². The van der Waals surface area contributed by atoms with Gasteiger partial charge in [-0.15, -0.1) is 0 Å². The summed E-state index contributed by atoms with van der Waals surface area (Å²) in [6.45, 7) is 5.53. The molecule has 7 nitrogen and oxygen atoms in total. The van der Waals surface area contributed by atoms with Crippen LogP contribution in [0.15, 0.2) is 64.5 Å². The van der Waals surface area contributed by atoms with E-state index < -0.39 is 11.2 Å². The van der Waals surface area contributed by atoms with Crippen molar-refractivity contribution in [2.24, 2.45) is 0 Å². The van der Waals surface area contributed by atoms with E-state index in [-0.39, 0.29) is 18.1 Å². The van der Waals surface area contributed by atoms with E-state index in [1.807, 2.05) is 30.3 Å². The van der Waals surface area contributed by atoms with Crippen molar-refractivity contribution in [2.75, 3.05) is 11.9 Å². The number of aryl methyl sites for hydroxylation is 1. The van der Waals surface area contributed by atoms with Gasteiger partial charge in [-0.1, -0.05) is 48.2 Å². The number of carbonyl (C=O) groups excluding carboxylic acids is 2. The molecule has 0 aliphatic carbocycles. The second-order valence-electron chi connectivity index (χ2n) is 7.15. The van der Waals surface area contributed by atoms with Crippen molar-refractivity contribution in [2.45, 2.75) is 37.6 Å². The van der Waals surface area contributed by atoms with Gasteiger partial charge in [-0.2, -0.15) is 0 Å². The summed E-state index contributed by atoms with van der Waals surface area (Å²) in [7, 11) is 0. The average Bonchev–Trinajstić information content (AvgIpc) is 2.77. The lowest BCUT2D eigenvalue weighted by molar-refractivity contribution is -0.115. The Morgan fingerprint density at radius 3 is 2.59 bits per heavy atom. The Bertz CT molecular complexity index is 1160. The fraction of sp³-hybridized carbons (Fsp3) is 0.250. The van der Waals surface area contributed by atoms with Crippen molar-refractivity contribution in [1.82, 2.24) is 9.97 Å². The summed E-state index contributed by atoms with van der Waals surface area (Å²) in [6.07, 6.45) is 0.493. The molecule has 0 saturated heterocycles. The number of benzene rings is 2. The number of hydrogen-bond acceptors (Lipinski definition) is 6. The zero-order valence-electron chi connectivity index (χ0n) is 18.2. The van der Waals surface area contributed by atoms with Gasteiger partial charge in [0.05, 0.1) is 17.4 Å². The first-order valence-electron chi connectivity index (χ1n) is 10.3. The summed E-state index contributed by atoms with van der Waals surface area (Å²) in [5, 5.41) is 2.64. The second-order valence-corrected chi connectivity index (χ2v) is 8.48. The molecule has 2 aromatic carbocycles. The SMILES string of the molecule is CCOC(=O)c1cccc(NC(=O)C(C)Sc2nc(C)c(Cc3ccccc3)c(=O)[nH]2)c1. The van der Waals surface area contributed by atoms with E-state index in [4.69, 9.17) is 4.74 Å². The minimum Gasteiger partial charge on any atom is -0.462 e. The standard InChI is InChI=1S/C24H25N3O4S/c1-4-31-23(30)18-11-8-12-19(14-18)26-21(28)16(3)32-24-25-15(2)20(22(29)27-24)13-17-9-6-5-7-10-17/h5-12,14,16H,4,13H2,1-3H3,(H,26,28)(H,25,27,29). The average molecular weight is 452 g/mol. The number of H-pyrrole nitrogens is 1. The minimum atomic E-state index is -0.524. The number of esters is 1. The molecule has 0 radical (unpaired) electrons. The number of amides is 1. The molecular weight excluding hydrogens is 426 g/mol. The molecule has 1 atom stereocenters. The van der Waals surface area contributed by atoms with Gasteiger partial charge < -0.3 is 15.0 Å². The Morgan fingerprint density at radius 2 is 1.91 bits per heavy atom. The smallest absolute Gasteiger partial charge is 0.338 e. The Labute approximate surface area is 190 Å². The van der Waals surface area contributed by atoms with Crippen LogP contribution in [0.25, 0.3) is 0 Å². The summed E-state index contributed by atoms with van der Waals surface area (Å²) in [5.74, 6) is -0.719. The predicted molar refractivity (Wildman–Crippen MR) is 125 cm³/mol. The summed E-state index contributed by atoms with van der Waals surface area (Å²) >= 11 is 1.16. The normalized spacial score (nSPS) is 11.6. The van der Waals surface area contributed by atoms with Gasteiger partial charge in [0.15, 0.2) is 5.16 Å². The third-order valence-electron chi connectivity index (χ3n) is 4.72. The van der Waals surface area contributed by atoms with Gasteiger partial charge in [0.25, 0.3) is 5.56 Å². The number of aromatic nitrogens is 2. The molecule has 166 valence electrons. The molecule has 32 heavy (non-hydrogen) atoms. The van der Waals surface area contributed by atoms with Gasteiger partial charge >= 0.3 is 5.97 Å². The molecule has 0 fully saturated rings. The van der Waals surface area contributed by atoms with Crippen molar-refractivity contribution < 1.29 is 14.3 Å². The third kappa shape index (κ3) is 6.07. The maximum absolute atomic E-state index is 12.6. The molecular formula is C24H25N3O4S. The Morgan fingerprint density at radius 1 is 1.16 bits per heavy atom. The highest BCUT2D eigenvalue weighted by atomic mass is 32.2. The van der Waals surface area contributed by atoms with E-state index in [0.717, 1.165) is 17.3 Å². The Kier molecular flexibility index (Phi) is 7.83. The number of ether oxygens (including phenoxy) is 1. The van der Waals surface area contributed by atoms with Crippen LogP contribution >= 0.6 is 11.8 Å². The van der Waals surface area contributed by atoms with E-state index in [9.17, 15) is 14.4 Å². The highest BCUT2D eigenvalue weighted by Gasteiger charge is 2.18. The summed E-state index contributed by atoms with van der Waals surface area (Å²) in [6, 6.07) is 16.3. The number of carbonyl (C=O) groups is 2. The second kappa shape index (κ2) is 10.8. The molecule has 1 amide bonds. The first-order chi connectivity index (χ1) is 15.4. The van der Waals surface area contributed by atoms with E-state index >= 15 is 0 Å². The Hall–Kier alpha value is -3.39. The molecule has 0 aliphatic heterocycles. The van der Waals surface area contributed by atoms with Crippen LogP contribution in [0.1, 0.15) is 41.0 Å². The van der Waals surface area contributed by atoms with Crippen LogP contribution < -0.4 is 10.9 Å².